The van der Waals surface area contributed by atoms with Crippen LogP contribution in [-0.2, 0) is 22.4 Å². The minimum absolute atomic E-state index is 0.0986. The van der Waals surface area contributed by atoms with Crippen LogP contribution in [0, 0.1) is 0 Å². The summed E-state index contributed by atoms with van der Waals surface area (Å²) in [6.07, 6.45) is 4.30. The van der Waals surface area contributed by atoms with Gasteiger partial charge in [-0.05, 0) is 39.2 Å². The SMILES string of the molecule is CCCN[C@H]1CCc2nc(NC(=O)COCC)sc2C1. The Morgan fingerprint density at radius 2 is 2.35 bits per heavy atom. The first kappa shape index (κ1) is 15.4. The smallest absolute Gasteiger partial charge is 0.252 e. The summed E-state index contributed by atoms with van der Waals surface area (Å²) in [6, 6.07) is 0.551. The predicted octanol–water partition coefficient (Wildman–Crippen LogP) is 1.97. The van der Waals surface area contributed by atoms with E-state index in [4.69, 9.17) is 4.74 Å². The van der Waals surface area contributed by atoms with Crippen molar-refractivity contribution >= 4 is 22.4 Å². The van der Waals surface area contributed by atoms with Gasteiger partial charge in [0.15, 0.2) is 5.13 Å². The number of hydrogen-bond donors (Lipinski definition) is 2. The van der Waals surface area contributed by atoms with Crippen molar-refractivity contribution in [3.8, 4) is 0 Å². The summed E-state index contributed by atoms with van der Waals surface area (Å²) < 4.78 is 5.09. The molecule has 0 spiro atoms. The normalized spacial score (nSPS) is 17.8. The molecule has 112 valence electrons. The number of thiazole rings is 1. The van der Waals surface area contributed by atoms with Gasteiger partial charge < -0.3 is 10.1 Å². The van der Waals surface area contributed by atoms with Crippen molar-refractivity contribution < 1.29 is 9.53 Å². The molecular formula is C14H23N3O2S. The van der Waals surface area contributed by atoms with Crippen LogP contribution < -0.4 is 10.6 Å². The van der Waals surface area contributed by atoms with Crippen molar-refractivity contribution in [1.29, 1.82) is 0 Å². The van der Waals surface area contributed by atoms with Gasteiger partial charge in [0.05, 0.1) is 5.69 Å². The maximum atomic E-state index is 11.6. The summed E-state index contributed by atoms with van der Waals surface area (Å²) in [7, 11) is 0. The minimum atomic E-state index is -0.126. The average Bonchev–Trinajstić information content (AvgIpc) is 2.84. The molecule has 1 aromatic rings. The molecule has 6 heteroatoms. The van der Waals surface area contributed by atoms with Crippen LogP contribution in [0.2, 0.25) is 0 Å². The Labute approximate surface area is 124 Å². The van der Waals surface area contributed by atoms with Crippen molar-refractivity contribution in [3.05, 3.63) is 10.6 Å². The van der Waals surface area contributed by atoms with Gasteiger partial charge in [-0.1, -0.05) is 6.92 Å². The Bertz CT molecular complexity index is 448. The van der Waals surface area contributed by atoms with Crippen molar-refractivity contribution in [1.82, 2.24) is 10.3 Å². The Morgan fingerprint density at radius 1 is 1.50 bits per heavy atom. The van der Waals surface area contributed by atoms with Crippen LogP contribution in [-0.4, -0.2) is 36.7 Å². The zero-order valence-corrected chi connectivity index (χ0v) is 13.0. The molecule has 1 heterocycles. The molecule has 1 amide bonds. The summed E-state index contributed by atoms with van der Waals surface area (Å²) in [5, 5.41) is 7.08. The van der Waals surface area contributed by atoms with Crippen molar-refractivity contribution in [3.63, 3.8) is 0 Å². The van der Waals surface area contributed by atoms with E-state index >= 15 is 0 Å². The fourth-order valence-corrected chi connectivity index (χ4v) is 3.41. The van der Waals surface area contributed by atoms with Gasteiger partial charge in [-0.3, -0.25) is 10.1 Å². The van der Waals surface area contributed by atoms with E-state index < -0.39 is 0 Å². The Kier molecular flexibility index (Phi) is 5.94. The molecule has 0 aliphatic heterocycles. The van der Waals surface area contributed by atoms with Crippen molar-refractivity contribution in [2.24, 2.45) is 0 Å². The van der Waals surface area contributed by atoms with Gasteiger partial charge in [0, 0.05) is 17.5 Å². The quantitative estimate of drug-likeness (QED) is 0.808. The van der Waals surface area contributed by atoms with Gasteiger partial charge in [-0.2, -0.15) is 0 Å². The Balaban J connectivity index is 1.89. The van der Waals surface area contributed by atoms with E-state index in [-0.39, 0.29) is 12.5 Å². The van der Waals surface area contributed by atoms with Gasteiger partial charge in [-0.15, -0.1) is 11.3 Å². The number of aromatic nitrogens is 1. The number of carbonyl (C=O) groups is 1. The lowest BCUT2D eigenvalue weighted by atomic mass is 9.98. The van der Waals surface area contributed by atoms with E-state index in [0.29, 0.717) is 17.8 Å². The number of ether oxygens (including phenoxy) is 1. The van der Waals surface area contributed by atoms with E-state index in [1.165, 1.54) is 4.88 Å². The van der Waals surface area contributed by atoms with Crippen LogP contribution in [0.3, 0.4) is 0 Å². The fraction of sp³-hybridized carbons (Fsp3) is 0.714. The molecule has 1 aliphatic rings. The maximum Gasteiger partial charge on any atom is 0.252 e. The first-order valence-corrected chi connectivity index (χ1v) is 8.14. The van der Waals surface area contributed by atoms with E-state index in [9.17, 15) is 4.79 Å². The second-order valence-corrected chi connectivity index (χ2v) is 6.05. The van der Waals surface area contributed by atoms with Gasteiger partial charge in [-0.25, -0.2) is 4.98 Å². The molecule has 0 saturated heterocycles. The van der Waals surface area contributed by atoms with E-state index in [1.54, 1.807) is 11.3 Å². The summed E-state index contributed by atoms with van der Waals surface area (Å²) >= 11 is 1.60. The highest BCUT2D eigenvalue weighted by Crippen LogP contribution is 2.29. The molecule has 0 fully saturated rings. The Hall–Kier alpha value is -0.980. The molecule has 2 N–H and O–H groups in total. The van der Waals surface area contributed by atoms with E-state index in [2.05, 4.69) is 22.5 Å². The lowest BCUT2D eigenvalue weighted by Crippen LogP contribution is -2.34. The van der Waals surface area contributed by atoms with Crippen LogP contribution in [0.1, 0.15) is 37.3 Å². The largest absolute Gasteiger partial charge is 0.372 e. The van der Waals surface area contributed by atoms with Crippen molar-refractivity contribution in [2.45, 2.75) is 45.6 Å². The summed E-state index contributed by atoms with van der Waals surface area (Å²) in [4.78, 5) is 17.4. The molecule has 20 heavy (non-hydrogen) atoms. The van der Waals surface area contributed by atoms with Gasteiger partial charge in [0.25, 0.3) is 5.91 Å². The lowest BCUT2D eigenvalue weighted by molar-refractivity contribution is -0.120. The fourth-order valence-electron chi connectivity index (χ4n) is 2.30. The number of aryl methyl sites for hydroxylation is 1. The second-order valence-electron chi connectivity index (χ2n) is 4.97. The van der Waals surface area contributed by atoms with Crippen LogP contribution in [0.25, 0.3) is 0 Å². The highest BCUT2D eigenvalue weighted by Gasteiger charge is 2.22. The number of amides is 1. The molecule has 0 aromatic carbocycles. The van der Waals surface area contributed by atoms with Gasteiger partial charge >= 0.3 is 0 Å². The highest BCUT2D eigenvalue weighted by molar-refractivity contribution is 7.15. The third-order valence-electron chi connectivity index (χ3n) is 3.31. The average molecular weight is 297 g/mol. The molecule has 0 unspecified atom stereocenters. The third kappa shape index (κ3) is 4.26. The molecule has 1 atom stereocenters. The molecule has 1 aliphatic carbocycles. The van der Waals surface area contributed by atoms with Gasteiger partial charge in [0.1, 0.15) is 6.61 Å². The number of anilines is 1. The number of nitrogens with zero attached hydrogens (tertiary/aromatic N) is 1. The number of hydrogen-bond acceptors (Lipinski definition) is 5. The van der Waals surface area contributed by atoms with E-state index in [1.807, 2.05) is 6.92 Å². The highest BCUT2D eigenvalue weighted by atomic mass is 32.1. The topological polar surface area (TPSA) is 63.2 Å². The summed E-state index contributed by atoms with van der Waals surface area (Å²) in [5.41, 5.74) is 1.15. The standard InChI is InChI=1S/C14H23N3O2S/c1-3-7-15-10-5-6-11-12(8-10)20-14(16-11)17-13(18)9-19-4-2/h10,15H,3-9H2,1-2H3,(H,16,17,18)/t10-/m0/s1. The zero-order valence-electron chi connectivity index (χ0n) is 12.2. The van der Waals surface area contributed by atoms with Crippen LogP contribution >= 0.6 is 11.3 Å². The van der Waals surface area contributed by atoms with Crippen LogP contribution in [0.5, 0.6) is 0 Å². The Morgan fingerprint density at radius 3 is 3.10 bits per heavy atom. The van der Waals surface area contributed by atoms with E-state index in [0.717, 1.165) is 37.9 Å². The molecule has 0 saturated carbocycles. The number of carbonyl (C=O) groups excluding carboxylic acids is 1. The minimum Gasteiger partial charge on any atom is -0.372 e. The molecule has 0 bridgehead atoms. The first-order chi connectivity index (χ1) is 9.72. The van der Waals surface area contributed by atoms with Crippen LogP contribution in [0.4, 0.5) is 5.13 Å². The first-order valence-electron chi connectivity index (χ1n) is 7.32. The van der Waals surface area contributed by atoms with Crippen molar-refractivity contribution in [2.75, 3.05) is 25.1 Å². The monoisotopic (exact) mass is 297 g/mol. The maximum absolute atomic E-state index is 11.6. The number of fused-ring (bicyclic) bond motifs is 1. The van der Waals surface area contributed by atoms with Gasteiger partial charge in [0.2, 0.25) is 0 Å². The molecule has 0 radical (unpaired) electrons. The van der Waals surface area contributed by atoms with Crippen LogP contribution in [0.15, 0.2) is 0 Å². The summed E-state index contributed by atoms with van der Waals surface area (Å²) in [6.45, 7) is 5.77. The second kappa shape index (κ2) is 7.71. The number of rotatable bonds is 7. The molecule has 1 aromatic heterocycles. The zero-order chi connectivity index (χ0) is 14.4. The number of nitrogens with one attached hydrogen (secondary N) is 2. The lowest BCUT2D eigenvalue weighted by Gasteiger charge is -2.21. The summed E-state index contributed by atoms with van der Waals surface area (Å²) in [5.74, 6) is -0.126. The molecular weight excluding hydrogens is 274 g/mol. The predicted molar refractivity (Wildman–Crippen MR) is 81.3 cm³/mol. The third-order valence-corrected chi connectivity index (χ3v) is 4.34. The molecule has 2 rings (SSSR count). The molecule has 5 nitrogen and oxygen atoms in total.